The average Bonchev–Trinajstić information content (AvgIpc) is 3.76. The molecular formula is C25H29ClN6O2. The van der Waals surface area contributed by atoms with Crippen LogP contribution in [-0.2, 0) is 4.79 Å². The molecule has 0 radical (unpaired) electrons. The Balaban J connectivity index is 1.29. The molecule has 2 amide bonds. The molecule has 3 aliphatic carbocycles. The Labute approximate surface area is 203 Å². The van der Waals surface area contributed by atoms with Crippen LogP contribution in [0.25, 0.3) is 0 Å². The number of amides is 2. The maximum atomic E-state index is 13.0. The lowest BCUT2D eigenvalue weighted by Gasteiger charge is -2.33. The molecule has 2 aromatic rings. The minimum Gasteiger partial charge on any atom is -0.365 e. The lowest BCUT2D eigenvalue weighted by atomic mass is 9.78. The van der Waals surface area contributed by atoms with Crippen LogP contribution in [0.4, 0.5) is 11.5 Å². The van der Waals surface area contributed by atoms with E-state index in [0.29, 0.717) is 48.0 Å². The Kier molecular flexibility index (Phi) is 6.22. The maximum absolute atomic E-state index is 13.0. The van der Waals surface area contributed by atoms with Crippen molar-refractivity contribution in [3.05, 3.63) is 41.0 Å². The van der Waals surface area contributed by atoms with Gasteiger partial charge in [0.15, 0.2) is 5.82 Å². The summed E-state index contributed by atoms with van der Waals surface area (Å²) in [5.41, 5.74) is 6.57. The molecule has 0 unspecified atom stereocenters. The van der Waals surface area contributed by atoms with Gasteiger partial charge in [-0.1, -0.05) is 11.6 Å². The van der Waals surface area contributed by atoms with Gasteiger partial charge in [-0.25, -0.2) is 0 Å². The number of benzene rings is 1. The fourth-order valence-corrected chi connectivity index (χ4v) is 5.29. The largest absolute Gasteiger partial charge is 0.365 e. The minimum absolute atomic E-state index is 0.0888. The van der Waals surface area contributed by atoms with Crippen molar-refractivity contribution in [3.63, 3.8) is 0 Å². The topological polar surface area (TPSA) is 126 Å². The van der Waals surface area contributed by atoms with Crippen molar-refractivity contribution in [3.8, 4) is 6.07 Å². The highest BCUT2D eigenvalue weighted by molar-refractivity contribution is 6.30. The molecule has 1 aromatic heterocycles. The maximum Gasteiger partial charge on any atom is 0.254 e. The van der Waals surface area contributed by atoms with Gasteiger partial charge in [-0.05, 0) is 81.0 Å². The van der Waals surface area contributed by atoms with E-state index in [1.807, 2.05) is 0 Å². The van der Waals surface area contributed by atoms with Gasteiger partial charge < -0.3 is 16.4 Å². The summed E-state index contributed by atoms with van der Waals surface area (Å²) >= 11 is 5.95. The third-order valence-corrected chi connectivity index (χ3v) is 7.62. The van der Waals surface area contributed by atoms with Crippen LogP contribution in [0.5, 0.6) is 0 Å². The summed E-state index contributed by atoms with van der Waals surface area (Å²) in [6.07, 6.45) is 8.25. The number of primary amides is 1. The first-order valence-electron chi connectivity index (χ1n) is 12.0. The van der Waals surface area contributed by atoms with Gasteiger partial charge in [-0.2, -0.15) is 10.4 Å². The normalized spacial score (nSPS) is 24.4. The summed E-state index contributed by atoms with van der Waals surface area (Å²) < 4.78 is 1.66. The smallest absolute Gasteiger partial charge is 0.254 e. The zero-order chi connectivity index (χ0) is 23.8. The Morgan fingerprint density at radius 1 is 1.12 bits per heavy atom. The number of anilines is 2. The molecule has 3 saturated carbocycles. The van der Waals surface area contributed by atoms with Gasteiger partial charge in [0.05, 0.1) is 18.0 Å². The van der Waals surface area contributed by atoms with Crippen LogP contribution in [0.3, 0.4) is 0 Å². The fourth-order valence-electron chi connectivity index (χ4n) is 5.17. The number of rotatable bonds is 8. The van der Waals surface area contributed by atoms with Crippen molar-refractivity contribution in [2.24, 2.45) is 29.4 Å². The van der Waals surface area contributed by atoms with Crippen LogP contribution in [0.1, 0.15) is 61.3 Å². The van der Waals surface area contributed by atoms with Crippen LogP contribution in [-0.4, -0.2) is 27.6 Å². The van der Waals surface area contributed by atoms with E-state index in [4.69, 9.17) is 17.3 Å². The van der Waals surface area contributed by atoms with Crippen LogP contribution >= 0.6 is 11.6 Å². The van der Waals surface area contributed by atoms with Crippen molar-refractivity contribution >= 4 is 34.9 Å². The van der Waals surface area contributed by atoms with Gasteiger partial charge >= 0.3 is 0 Å². The zero-order valence-corrected chi connectivity index (χ0v) is 19.7. The van der Waals surface area contributed by atoms with Crippen LogP contribution in [0.15, 0.2) is 30.5 Å². The van der Waals surface area contributed by atoms with E-state index >= 15 is 0 Å². The van der Waals surface area contributed by atoms with Gasteiger partial charge in [0.25, 0.3) is 5.91 Å². The highest BCUT2D eigenvalue weighted by Crippen LogP contribution is 2.45. The van der Waals surface area contributed by atoms with E-state index in [1.165, 1.54) is 25.7 Å². The molecule has 9 heteroatoms. The molecule has 1 aromatic carbocycles. The second kappa shape index (κ2) is 9.30. The first kappa shape index (κ1) is 22.7. The van der Waals surface area contributed by atoms with Crippen molar-refractivity contribution in [2.45, 2.75) is 57.0 Å². The fraction of sp³-hybridized carbons (Fsp3) is 0.520. The Morgan fingerprint density at radius 3 is 2.38 bits per heavy atom. The standard InChI is InChI=1S/C25H29ClN6O2/c26-18-6-8-19(9-7-18)29-24-20(23(28)33)13-32(31-24)21-10-5-16(11-17(21)12-27)25(34)30-22(14-1-2-14)15-3-4-15/h6-9,13-17,21-22H,1-5,10-11H2,(H2,28,33)(H,29,31)(H,30,34)/t16-,17+,21-/m1/s1. The molecule has 5 rings (SSSR count). The number of hydrogen-bond donors (Lipinski definition) is 3. The van der Waals surface area contributed by atoms with Gasteiger partial charge in [-0.15, -0.1) is 0 Å². The summed E-state index contributed by atoms with van der Waals surface area (Å²) in [5, 5.41) is 21.5. The predicted octanol–water partition coefficient (Wildman–Crippen LogP) is 4.16. The molecule has 0 bridgehead atoms. The van der Waals surface area contributed by atoms with E-state index < -0.39 is 5.91 Å². The summed E-state index contributed by atoms with van der Waals surface area (Å²) in [4.78, 5) is 25.1. The molecular weight excluding hydrogens is 452 g/mol. The Morgan fingerprint density at radius 2 is 1.79 bits per heavy atom. The molecule has 0 saturated heterocycles. The molecule has 34 heavy (non-hydrogen) atoms. The average molecular weight is 481 g/mol. The van der Waals surface area contributed by atoms with Gasteiger partial charge in [0.1, 0.15) is 5.56 Å². The van der Waals surface area contributed by atoms with Gasteiger partial charge in [0.2, 0.25) is 5.91 Å². The molecule has 0 spiro atoms. The van der Waals surface area contributed by atoms with E-state index in [2.05, 4.69) is 21.8 Å². The Bertz CT molecular complexity index is 1100. The monoisotopic (exact) mass is 480 g/mol. The molecule has 1 heterocycles. The van der Waals surface area contributed by atoms with Crippen molar-refractivity contribution in [1.29, 1.82) is 5.26 Å². The predicted molar refractivity (Wildman–Crippen MR) is 128 cm³/mol. The molecule has 8 nitrogen and oxygen atoms in total. The number of nitriles is 1. The lowest BCUT2D eigenvalue weighted by Crippen LogP contribution is -2.43. The number of nitrogens with two attached hydrogens (primary N) is 1. The third-order valence-electron chi connectivity index (χ3n) is 7.36. The number of carbonyl (C=O) groups is 2. The number of aromatic nitrogens is 2. The van der Waals surface area contributed by atoms with Crippen LogP contribution < -0.4 is 16.4 Å². The zero-order valence-electron chi connectivity index (χ0n) is 18.9. The van der Waals surface area contributed by atoms with Crippen molar-refractivity contribution in [1.82, 2.24) is 15.1 Å². The summed E-state index contributed by atoms with van der Waals surface area (Å²) in [6.45, 7) is 0. The first-order chi connectivity index (χ1) is 16.4. The van der Waals surface area contributed by atoms with Crippen molar-refractivity contribution in [2.75, 3.05) is 5.32 Å². The molecule has 3 atom stereocenters. The molecule has 3 fully saturated rings. The minimum atomic E-state index is -0.601. The number of carbonyl (C=O) groups excluding carboxylic acids is 2. The summed E-state index contributed by atoms with van der Waals surface area (Å²) in [6, 6.07) is 9.51. The van der Waals surface area contributed by atoms with E-state index in [9.17, 15) is 14.9 Å². The third kappa shape index (κ3) is 4.90. The van der Waals surface area contributed by atoms with Crippen LogP contribution in [0, 0.1) is 35.0 Å². The second-order valence-corrected chi connectivity index (χ2v) is 10.3. The van der Waals surface area contributed by atoms with E-state index in [-0.39, 0.29) is 29.3 Å². The second-order valence-electron chi connectivity index (χ2n) is 9.89. The highest BCUT2D eigenvalue weighted by atomic mass is 35.5. The number of nitrogens with zero attached hydrogens (tertiary/aromatic N) is 3. The number of hydrogen-bond acceptors (Lipinski definition) is 5. The van der Waals surface area contributed by atoms with E-state index in [1.54, 1.807) is 35.1 Å². The summed E-state index contributed by atoms with van der Waals surface area (Å²) in [7, 11) is 0. The molecule has 0 aliphatic heterocycles. The van der Waals surface area contributed by atoms with Crippen LogP contribution in [0.2, 0.25) is 5.02 Å². The number of halogens is 1. The lowest BCUT2D eigenvalue weighted by molar-refractivity contribution is -0.127. The molecule has 4 N–H and O–H groups in total. The van der Waals surface area contributed by atoms with E-state index in [0.717, 1.165) is 5.69 Å². The quantitative estimate of drug-likeness (QED) is 0.522. The summed E-state index contributed by atoms with van der Waals surface area (Å²) in [5.74, 6) is 0.557. The number of nitrogens with one attached hydrogen (secondary N) is 2. The SMILES string of the molecule is N#C[C@@H]1C[C@H](C(=O)NC(C2CC2)C2CC2)CC[C@H]1n1cc(C(N)=O)c(Nc2ccc(Cl)cc2)n1. The first-order valence-corrected chi connectivity index (χ1v) is 12.4. The molecule has 3 aliphatic rings. The Hall–Kier alpha value is -3.05. The van der Waals surface area contributed by atoms with Gasteiger partial charge in [-0.3, -0.25) is 14.3 Å². The van der Waals surface area contributed by atoms with Crippen molar-refractivity contribution < 1.29 is 9.59 Å². The molecule has 178 valence electrons. The highest BCUT2D eigenvalue weighted by Gasteiger charge is 2.44. The van der Waals surface area contributed by atoms with Gasteiger partial charge in [0, 0.05) is 28.9 Å².